The van der Waals surface area contributed by atoms with Crippen LogP contribution in [0.5, 0.6) is 0 Å². The monoisotopic (exact) mass is 360 g/mol. The van der Waals surface area contributed by atoms with Crippen molar-refractivity contribution in [1.82, 2.24) is 19.8 Å². The molecule has 1 aliphatic heterocycles. The third-order valence-electron chi connectivity index (χ3n) is 4.89. The number of nitrogens with zero attached hydrogens (tertiary/aromatic N) is 3. The topological polar surface area (TPSA) is 50.2 Å². The molecule has 0 unspecified atom stereocenters. The molecule has 1 aromatic heterocycles. The number of nitrogens with one attached hydrogen (secondary N) is 1. The van der Waals surface area contributed by atoms with Gasteiger partial charge in [-0.3, -0.25) is 9.69 Å². The first-order chi connectivity index (χ1) is 12.1. The van der Waals surface area contributed by atoms with Crippen molar-refractivity contribution in [3.63, 3.8) is 0 Å². The molecular formula is C19H25ClN4O. The number of carbonyl (C=O) groups excluding carboxylic acids is 1. The largest absolute Gasteiger partial charge is 0.351 e. The number of carbonyl (C=O) groups is 1. The lowest BCUT2D eigenvalue weighted by atomic mass is 9.96. The highest BCUT2D eigenvalue weighted by Crippen LogP contribution is 2.19. The van der Waals surface area contributed by atoms with Crippen LogP contribution in [-0.2, 0) is 17.9 Å². The second kappa shape index (κ2) is 8.50. The van der Waals surface area contributed by atoms with Crippen molar-refractivity contribution in [2.24, 2.45) is 5.92 Å². The fourth-order valence-corrected chi connectivity index (χ4v) is 3.50. The molecule has 0 radical (unpaired) electrons. The maximum atomic E-state index is 12.2. The van der Waals surface area contributed by atoms with Gasteiger partial charge in [0.15, 0.2) is 0 Å². The molecule has 5 nitrogen and oxygen atoms in total. The van der Waals surface area contributed by atoms with Crippen molar-refractivity contribution in [2.45, 2.75) is 32.9 Å². The van der Waals surface area contributed by atoms with Crippen LogP contribution in [0.2, 0.25) is 5.02 Å². The fourth-order valence-electron chi connectivity index (χ4n) is 3.30. The van der Waals surface area contributed by atoms with E-state index in [1.165, 1.54) is 0 Å². The summed E-state index contributed by atoms with van der Waals surface area (Å²) in [5.74, 6) is 1.79. The number of aryl methyl sites for hydroxylation is 1. The van der Waals surface area contributed by atoms with E-state index in [4.69, 9.17) is 11.6 Å². The standard InChI is InChI=1S/C19H25ClN4O/c1-15-21-8-11-24(15)13-16-6-9-23(10-7-16)14-19(25)22-12-17-4-2-3-5-18(17)20/h2-5,8,11,16H,6-7,9-10,12-14H2,1H3,(H,22,25). The normalized spacial score (nSPS) is 16.1. The number of benzene rings is 1. The van der Waals surface area contributed by atoms with E-state index in [2.05, 4.69) is 19.8 Å². The average Bonchev–Trinajstić information content (AvgIpc) is 3.01. The molecular weight excluding hydrogens is 336 g/mol. The average molecular weight is 361 g/mol. The lowest BCUT2D eigenvalue weighted by Crippen LogP contribution is -2.41. The predicted molar refractivity (Wildman–Crippen MR) is 99.4 cm³/mol. The Labute approximate surface area is 154 Å². The van der Waals surface area contributed by atoms with Crippen molar-refractivity contribution >= 4 is 17.5 Å². The lowest BCUT2D eigenvalue weighted by molar-refractivity contribution is -0.122. The zero-order valence-electron chi connectivity index (χ0n) is 14.6. The first-order valence-corrected chi connectivity index (χ1v) is 9.20. The SMILES string of the molecule is Cc1nccn1CC1CCN(CC(=O)NCc2ccccc2Cl)CC1. The van der Waals surface area contributed by atoms with Crippen molar-refractivity contribution < 1.29 is 4.79 Å². The number of hydrogen-bond acceptors (Lipinski definition) is 3. The minimum atomic E-state index is 0.0591. The Morgan fingerprint density at radius 2 is 2.08 bits per heavy atom. The van der Waals surface area contributed by atoms with Crippen molar-refractivity contribution in [3.8, 4) is 0 Å². The third-order valence-corrected chi connectivity index (χ3v) is 5.26. The van der Waals surface area contributed by atoms with Gasteiger partial charge in [0.25, 0.3) is 0 Å². The van der Waals surface area contributed by atoms with Gasteiger partial charge in [-0.2, -0.15) is 0 Å². The van der Waals surface area contributed by atoms with Gasteiger partial charge in [0.05, 0.1) is 6.54 Å². The number of imidazole rings is 1. The highest BCUT2D eigenvalue weighted by atomic mass is 35.5. The first-order valence-electron chi connectivity index (χ1n) is 8.82. The summed E-state index contributed by atoms with van der Waals surface area (Å²) in [7, 11) is 0. The van der Waals surface area contributed by atoms with Crippen LogP contribution in [0.1, 0.15) is 24.2 Å². The highest BCUT2D eigenvalue weighted by molar-refractivity contribution is 6.31. The van der Waals surface area contributed by atoms with Crippen molar-refractivity contribution in [3.05, 3.63) is 53.1 Å². The number of hydrogen-bond donors (Lipinski definition) is 1. The molecule has 1 amide bonds. The van der Waals surface area contributed by atoms with Gasteiger partial charge in [-0.05, 0) is 50.4 Å². The van der Waals surface area contributed by atoms with Gasteiger partial charge in [0, 0.05) is 30.5 Å². The summed E-state index contributed by atoms with van der Waals surface area (Å²) in [6, 6.07) is 7.60. The van der Waals surface area contributed by atoms with Gasteiger partial charge in [0.1, 0.15) is 5.82 Å². The molecule has 1 fully saturated rings. The van der Waals surface area contributed by atoms with E-state index < -0.39 is 0 Å². The number of likely N-dealkylation sites (tertiary alicyclic amines) is 1. The van der Waals surface area contributed by atoms with Crippen molar-refractivity contribution in [2.75, 3.05) is 19.6 Å². The van der Waals surface area contributed by atoms with Gasteiger partial charge < -0.3 is 9.88 Å². The van der Waals surface area contributed by atoms with E-state index in [-0.39, 0.29) is 5.91 Å². The summed E-state index contributed by atoms with van der Waals surface area (Å²) in [6.07, 6.45) is 6.14. The smallest absolute Gasteiger partial charge is 0.234 e. The Balaban J connectivity index is 1.39. The van der Waals surface area contributed by atoms with E-state index >= 15 is 0 Å². The maximum absolute atomic E-state index is 12.2. The molecule has 25 heavy (non-hydrogen) atoms. The van der Waals surface area contributed by atoms with Gasteiger partial charge in [0.2, 0.25) is 5.91 Å². The van der Waals surface area contributed by atoms with Crippen molar-refractivity contribution in [1.29, 1.82) is 0 Å². The van der Waals surface area contributed by atoms with Crippen LogP contribution < -0.4 is 5.32 Å². The van der Waals surface area contributed by atoms with E-state index in [0.717, 1.165) is 43.9 Å². The molecule has 1 N–H and O–H groups in total. The van der Waals surface area contributed by atoms with Gasteiger partial charge in [-0.15, -0.1) is 0 Å². The molecule has 134 valence electrons. The zero-order valence-corrected chi connectivity index (χ0v) is 15.4. The summed E-state index contributed by atoms with van der Waals surface area (Å²) in [6.45, 7) is 5.95. The summed E-state index contributed by atoms with van der Waals surface area (Å²) in [5, 5.41) is 3.66. The van der Waals surface area contributed by atoms with Gasteiger partial charge in [-0.25, -0.2) is 4.98 Å². The van der Waals surface area contributed by atoms with Gasteiger partial charge in [-0.1, -0.05) is 29.8 Å². The van der Waals surface area contributed by atoms with E-state index in [1.807, 2.05) is 43.6 Å². The Kier molecular flexibility index (Phi) is 6.10. The number of aromatic nitrogens is 2. The fraction of sp³-hybridized carbons (Fsp3) is 0.474. The van der Waals surface area contributed by atoms with Gasteiger partial charge >= 0.3 is 0 Å². The number of piperidine rings is 1. The van der Waals surface area contributed by atoms with Crippen LogP contribution in [0.4, 0.5) is 0 Å². The molecule has 2 aromatic rings. The molecule has 1 saturated heterocycles. The Hall–Kier alpha value is -1.85. The van der Waals surface area contributed by atoms with Crippen LogP contribution in [-0.4, -0.2) is 40.0 Å². The Bertz CT molecular complexity index is 707. The summed E-state index contributed by atoms with van der Waals surface area (Å²) in [4.78, 5) is 18.7. The molecule has 6 heteroatoms. The molecule has 1 aliphatic rings. The summed E-state index contributed by atoms with van der Waals surface area (Å²) >= 11 is 6.12. The predicted octanol–water partition coefficient (Wildman–Crippen LogP) is 2.87. The van der Waals surface area contributed by atoms with Crippen LogP contribution in [0.3, 0.4) is 0 Å². The minimum absolute atomic E-state index is 0.0591. The Morgan fingerprint density at radius 1 is 1.32 bits per heavy atom. The molecule has 0 atom stereocenters. The van der Waals surface area contributed by atoms with Crippen LogP contribution in [0.15, 0.2) is 36.7 Å². The third kappa shape index (κ3) is 5.06. The molecule has 0 bridgehead atoms. The molecule has 0 aliphatic carbocycles. The number of halogens is 1. The maximum Gasteiger partial charge on any atom is 0.234 e. The Morgan fingerprint density at radius 3 is 2.76 bits per heavy atom. The molecule has 0 spiro atoms. The van der Waals surface area contributed by atoms with E-state index in [1.54, 1.807) is 0 Å². The first kappa shape index (κ1) is 18.0. The lowest BCUT2D eigenvalue weighted by Gasteiger charge is -2.31. The minimum Gasteiger partial charge on any atom is -0.351 e. The van der Waals surface area contributed by atoms with E-state index in [0.29, 0.717) is 24.0 Å². The zero-order chi connectivity index (χ0) is 17.6. The van der Waals surface area contributed by atoms with Crippen LogP contribution in [0, 0.1) is 12.8 Å². The molecule has 2 heterocycles. The van der Waals surface area contributed by atoms with Crippen LogP contribution >= 0.6 is 11.6 Å². The quantitative estimate of drug-likeness (QED) is 0.861. The number of rotatable bonds is 6. The van der Waals surface area contributed by atoms with E-state index in [9.17, 15) is 4.79 Å². The van der Waals surface area contributed by atoms with Crippen LogP contribution in [0.25, 0.3) is 0 Å². The number of amides is 1. The second-order valence-corrected chi connectivity index (χ2v) is 7.12. The summed E-state index contributed by atoms with van der Waals surface area (Å²) < 4.78 is 2.22. The highest BCUT2D eigenvalue weighted by Gasteiger charge is 2.21. The molecule has 0 saturated carbocycles. The molecule has 1 aromatic carbocycles. The summed E-state index contributed by atoms with van der Waals surface area (Å²) in [5.41, 5.74) is 0.951. The second-order valence-electron chi connectivity index (χ2n) is 6.71. The molecule has 3 rings (SSSR count).